The van der Waals surface area contributed by atoms with Crippen molar-refractivity contribution in [1.29, 1.82) is 0 Å². The van der Waals surface area contributed by atoms with E-state index in [0.717, 1.165) is 17.3 Å². The van der Waals surface area contributed by atoms with Crippen molar-refractivity contribution < 1.29 is 23.5 Å². The molecule has 1 aromatic heterocycles. The second-order valence-corrected chi connectivity index (χ2v) is 6.88. The lowest BCUT2D eigenvalue weighted by molar-refractivity contribution is -0.155. The van der Waals surface area contributed by atoms with Crippen LogP contribution in [-0.4, -0.2) is 59.4 Å². The van der Waals surface area contributed by atoms with Gasteiger partial charge in [-0.25, -0.2) is 4.98 Å². The van der Waals surface area contributed by atoms with Gasteiger partial charge in [0.25, 0.3) is 11.1 Å². The van der Waals surface area contributed by atoms with E-state index in [1.807, 2.05) is 38.1 Å². The molecule has 3 rings (SSSR count). The van der Waals surface area contributed by atoms with Crippen LogP contribution in [0.5, 0.6) is 0 Å². The summed E-state index contributed by atoms with van der Waals surface area (Å²) < 4.78 is 16.2. The van der Waals surface area contributed by atoms with Gasteiger partial charge in [0.05, 0.1) is 12.2 Å². The van der Waals surface area contributed by atoms with Gasteiger partial charge >= 0.3 is 5.97 Å². The van der Waals surface area contributed by atoms with Gasteiger partial charge in [-0.15, -0.1) is 0 Å². The van der Waals surface area contributed by atoms with E-state index in [0.29, 0.717) is 23.9 Å². The fourth-order valence-electron chi connectivity index (χ4n) is 2.69. The molecule has 7 nitrogen and oxygen atoms in total. The minimum absolute atomic E-state index is 0.0156. The van der Waals surface area contributed by atoms with Crippen molar-refractivity contribution in [3.63, 3.8) is 0 Å². The Bertz CT molecular complexity index is 719. The van der Waals surface area contributed by atoms with Gasteiger partial charge in [0.1, 0.15) is 11.3 Å². The molecule has 0 saturated carbocycles. The number of carbonyl (C=O) groups is 2. The number of hydrogen-bond donors (Lipinski definition) is 0. The molecule has 1 aromatic carbocycles. The van der Waals surface area contributed by atoms with E-state index >= 15 is 0 Å². The molecular formula is C17H20N2O5S. The number of carbonyl (C=O) groups excluding carboxylic acids is 2. The molecule has 8 heteroatoms. The summed E-state index contributed by atoms with van der Waals surface area (Å²) in [6.07, 6.45) is -0.0313. The number of fused-ring (bicyclic) bond motifs is 1. The van der Waals surface area contributed by atoms with E-state index < -0.39 is 5.97 Å². The minimum atomic E-state index is -0.477. The monoisotopic (exact) mass is 364 g/mol. The Morgan fingerprint density at radius 2 is 2.00 bits per heavy atom. The van der Waals surface area contributed by atoms with Gasteiger partial charge in [-0.3, -0.25) is 9.59 Å². The number of esters is 1. The van der Waals surface area contributed by atoms with Crippen molar-refractivity contribution in [2.75, 3.05) is 25.4 Å². The summed E-state index contributed by atoms with van der Waals surface area (Å²) in [5.74, 6) is -0.645. The summed E-state index contributed by atoms with van der Waals surface area (Å²) >= 11 is 1.15. The first-order valence-corrected chi connectivity index (χ1v) is 9.07. The van der Waals surface area contributed by atoms with Gasteiger partial charge in [-0.1, -0.05) is 23.9 Å². The molecule has 2 atom stereocenters. The van der Waals surface area contributed by atoms with Gasteiger partial charge in [0, 0.05) is 13.1 Å². The molecule has 1 amide bonds. The molecule has 1 aliphatic heterocycles. The fourth-order valence-corrected chi connectivity index (χ4v) is 3.33. The van der Waals surface area contributed by atoms with E-state index in [2.05, 4.69) is 4.98 Å². The van der Waals surface area contributed by atoms with Crippen molar-refractivity contribution in [2.45, 2.75) is 31.3 Å². The normalized spacial score (nSPS) is 20.6. The van der Waals surface area contributed by atoms with E-state index in [1.54, 1.807) is 4.90 Å². The van der Waals surface area contributed by atoms with Crippen molar-refractivity contribution in [3.8, 4) is 0 Å². The average molecular weight is 364 g/mol. The van der Waals surface area contributed by atoms with E-state index in [-0.39, 0.29) is 30.5 Å². The van der Waals surface area contributed by atoms with Crippen LogP contribution in [-0.2, 0) is 19.1 Å². The van der Waals surface area contributed by atoms with Gasteiger partial charge in [0.2, 0.25) is 0 Å². The molecule has 0 bridgehead atoms. The first kappa shape index (κ1) is 17.8. The number of hydrogen-bond acceptors (Lipinski definition) is 7. The number of nitrogens with zero attached hydrogens (tertiary/aromatic N) is 2. The van der Waals surface area contributed by atoms with Gasteiger partial charge in [0.15, 0.2) is 12.2 Å². The zero-order chi connectivity index (χ0) is 17.8. The highest BCUT2D eigenvalue weighted by Crippen LogP contribution is 2.23. The van der Waals surface area contributed by atoms with Crippen LogP contribution < -0.4 is 0 Å². The second kappa shape index (κ2) is 7.88. The average Bonchev–Trinajstić information content (AvgIpc) is 3.00. The number of aromatic nitrogens is 1. The van der Waals surface area contributed by atoms with Gasteiger partial charge in [-0.05, 0) is 26.0 Å². The molecule has 1 fully saturated rings. The van der Waals surface area contributed by atoms with Gasteiger partial charge < -0.3 is 18.8 Å². The quantitative estimate of drug-likeness (QED) is 0.593. The molecule has 0 radical (unpaired) electrons. The third-order valence-corrected chi connectivity index (χ3v) is 4.52. The molecule has 25 heavy (non-hydrogen) atoms. The molecule has 134 valence electrons. The van der Waals surface area contributed by atoms with Crippen LogP contribution in [0.15, 0.2) is 33.9 Å². The van der Waals surface area contributed by atoms with Crippen LogP contribution in [0.4, 0.5) is 0 Å². The molecule has 0 spiro atoms. The predicted octanol–water partition coefficient (Wildman–Crippen LogP) is 2.10. The molecule has 2 aromatic rings. The summed E-state index contributed by atoms with van der Waals surface area (Å²) in [5.41, 5.74) is 1.41. The van der Waals surface area contributed by atoms with Gasteiger partial charge in [-0.2, -0.15) is 0 Å². The Labute approximate surface area is 149 Å². The first-order chi connectivity index (χ1) is 12.0. The number of morpholine rings is 1. The largest absolute Gasteiger partial charge is 0.455 e. The molecule has 0 N–H and O–H groups in total. The third kappa shape index (κ3) is 4.73. The summed E-state index contributed by atoms with van der Waals surface area (Å²) in [5, 5.41) is 0.403. The fraction of sp³-hybridized carbons (Fsp3) is 0.471. The topological polar surface area (TPSA) is 81.9 Å². The van der Waals surface area contributed by atoms with E-state index in [1.165, 1.54) is 0 Å². The maximum atomic E-state index is 12.1. The predicted molar refractivity (Wildman–Crippen MR) is 92.3 cm³/mol. The Kier molecular flexibility index (Phi) is 5.60. The lowest BCUT2D eigenvalue weighted by Crippen LogP contribution is -2.49. The van der Waals surface area contributed by atoms with Crippen molar-refractivity contribution in [3.05, 3.63) is 24.3 Å². The van der Waals surface area contributed by atoms with Crippen molar-refractivity contribution in [1.82, 2.24) is 9.88 Å². The highest BCUT2D eigenvalue weighted by molar-refractivity contribution is 7.99. The lowest BCUT2D eigenvalue weighted by atomic mass is 10.2. The Hall–Kier alpha value is -2.06. The summed E-state index contributed by atoms with van der Waals surface area (Å²) in [7, 11) is 0. The van der Waals surface area contributed by atoms with Crippen LogP contribution in [0.2, 0.25) is 0 Å². The van der Waals surface area contributed by atoms with E-state index in [4.69, 9.17) is 13.9 Å². The van der Waals surface area contributed by atoms with Crippen molar-refractivity contribution >= 4 is 34.7 Å². The zero-order valence-corrected chi connectivity index (χ0v) is 15.0. The lowest BCUT2D eigenvalue weighted by Gasteiger charge is -2.35. The third-order valence-electron chi connectivity index (χ3n) is 3.72. The maximum Gasteiger partial charge on any atom is 0.316 e. The SMILES string of the molecule is C[C@@H]1CN(C(=O)COC(=O)CSc2nc3ccccc3o2)C[C@@H](C)O1. The number of oxazole rings is 1. The molecule has 2 heterocycles. The minimum Gasteiger partial charge on any atom is -0.455 e. The van der Waals surface area contributed by atoms with Crippen LogP contribution >= 0.6 is 11.8 Å². The summed E-state index contributed by atoms with van der Waals surface area (Å²) in [4.78, 5) is 29.9. The number of amides is 1. The highest BCUT2D eigenvalue weighted by atomic mass is 32.2. The van der Waals surface area contributed by atoms with Crippen molar-refractivity contribution in [2.24, 2.45) is 0 Å². The molecule has 1 saturated heterocycles. The maximum absolute atomic E-state index is 12.1. The number of benzene rings is 1. The van der Waals surface area contributed by atoms with Crippen LogP contribution in [0.1, 0.15) is 13.8 Å². The molecule has 1 aliphatic rings. The second-order valence-electron chi connectivity index (χ2n) is 5.95. The Morgan fingerprint density at radius 3 is 2.72 bits per heavy atom. The summed E-state index contributed by atoms with van der Waals surface area (Å²) in [6, 6.07) is 7.37. The van der Waals surface area contributed by atoms with Crippen LogP contribution in [0.3, 0.4) is 0 Å². The summed E-state index contributed by atoms with van der Waals surface area (Å²) in [6.45, 7) is 4.60. The smallest absolute Gasteiger partial charge is 0.316 e. The molecule has 0 aliphatic carbocycles. The highest BCUT2D eigenvalue weighted by Gasteiger charge is 2.26. The number of thioether (sulfide) groups is 1. The molecular weight excluding hydrogens is 344 g/mol. The molecule has 0 unspecified atom stereocenters. The number of ether oxygens (including phenoxy) is 2. The first-order valence-electron chi connectivity index (χ1n) is 8.08. The Balaban J connectivity index is 1.44. The number of rotatable bonds is 5. The standard InChI is InChI=1S/C17H20N2O5S/c1-11-7-19(8-12(2)23-11)15(20)9-22-16(21)10-25-17-18-13-5-3-4-6-14(13)24-17/h3-6,11-12H,7-10H2,1-2H3/t11-,12-/m1/s1. The zero-order valence-electron chi connectivity index (χ0n) is 14.1. The van der Waals surface area contributed by atoms with Crippen LogP contribution in [0.25, 0.3) is 11.1 Å². The van der Waals surface area contributed by atoms with Crippen LogP contribution in [0, 0.1) is 0 Å². The van der Waals surface area contributed by atoms with E-state index in [9.17, 15) is 9.59 Å². The Morgan fingerprint density at radius 1 is 1.28 bits per heavy atom. The number of para-hydroxylation sites is 2.